The zero-order chi connectivity index (χ0) is 7.99. The lowest BCUT2D eigenvalue weighted by molar-refractivity contribution is 0.305. The van der Waals surface area contributed by atoms with Gasteiger partial charge in [0, 0.05) is 19.1 Å². The Hall–Kier alpha value is -0.130. The SMILES string of the molecule is CN1C(C)(C)CNS1(=O)=O. The van der Waals surface area contributed by atoms with Crippen LogP contribution in [0, 0.1) is 0 Å². The van der Waals surface area contributed by atoms with Gasteiger partial charge in [-0.25, -0.2) is 4.72 Å². The van der Waals surface area contributed by atoms with Crippen molar-refractivity contribution in [1.29, 1.82) is 0 Å². The zero-order valence-electron chi connectivity index (χ0n) is 6.38. The third kappa shape index (κ3) is 1.04. The minimum atomic E-state index is -3.15. The van der Waals surface area contributed by atoms with Crippen molar-refractivity contribution in [2.45, 2.75) is 19.4 Å². The summed E-state index contributed by atoms with van der Waals surface area (Å²) in [6, 6.07) is 0. The lowest BCUT2D eigenvalue weighted by Crippen LogP contribution is -2.38. The third-order valence-corrected chi connectivity index (χ3v) is 3.62. The highest BCUT2D eigenvalue weighted by molar-refractivity contribution is 7.87. The van der Waals surface area contributed by atoms with E-state index >= 15 is 0 Å². The average molecular weight is 164 g/mol. The molecular weight excluding hydrogens is 152 g/mol. The van der Waals surface area contributed by atoms with E-state index in [2.05, 4.69) is 4.72 Å². The molecule has 0 amide bonds. The van der Waals surface area contributed by atoms with Gasteiger partial charge in [-0.2, -0.15) is 12.7 Å². The van der Waals surface area contributed by atoms with Gasteiger partial charge in [0.25, 0.3) is 10.2 Å². The van der Waals surface area contributed by atoms with Crippen molar-refractivity contribution < 1.29 is 8.42 Å². The molecule has 1 N–H and O–H groups in total. The summed E-state index contributed by atoms with van der Waals surface area (Å²) in [7, 11) is -1.57. The summed E-state index contributed by atoms with van der Waals surface area (Å²) < 4.78 is 25.8. The predicted molar refractivity (Wildman–Crippen MR) is 38.8 cm³/mol. The molecule has 1 heterocycles. The molecule has 0 unspecified atom stereocenters. The Kier molecular flexibility index (Phi) is 1.54. The molecule has 0 aromatic rings. The average Bonchev–Trinajstić information content (AvgIpc) is 1.95. The van der Waals surface area contributed by atoms with Gasteiger partial charge < -0.3 is 0 Å². The highest BCUT2D eigenvalue weighted by Crippen LogP contribution is 2.20. The van der Waals surface area contributed by atoms with Crippen LogP contribution < -0.4 is 4.72 Å². The van der Waals surface area contributed by atoms with Crippen LogP contribution in [-0.4, -0.2) is 31.9 Å². The fourth-order valence-corrected chi connectivity index (χ4v) is 2.25. The molecule has 4 nitrogen and oxygen atoms in total. The fraction of sp³-hybridized carbons (Fsp3) is 1.00. The summed E-state index contributed by atoms with van der Waals surface area (Å²) >= 11 is 0. The van der Waals surface area contributed by atoms with E-state index in [1.807, 2.05) is 13.8 Å². The number of nitrogens with one attached hydrogen (secondary N) is 1. The van der Waals surface area contributed by atoms with E-state index in [0.717, 1.165) is 0 Å². The molecule has 0 aliphatic carbocycles. The van der Waals surface area contributed by atoms with Gasteiger partial charge >= 0.3 is 0 Å². The maximum Gasteiger partial charge on any atom is 0.279 e. The molecule has 1 fully saturated rings. The maximum absolute atomic E-state index is 11.0. The molecule has 0 saturated carbocycles. The van der Waals surface area contributed by atoms with Crippen LogP contribution in [0.4, 0.5) is 0 Å². The Labute approximate surface area is 61.4 Å². The van der Waals surface area contributed by atoms with Crippen LogP contribution in [0.2, 0.25) is 0 Å². The second kappa shape index (κ2) is 1.93. The van der Waals surface area contributed by atoms with Gasteiger partial charge in [-0.15, -0.1) is 0 Å². The van der Waals surface area contributed by atoms with Crippen molar-refractivity contribution in [3.8, 4) is 0 Å². The van der Waals surface area contributed by atoms with E-state index < -0.39 is 10.2 Å². The Balaban J connectivity index is 2.99. The second-order valence-corrected chi connectivity index (χ2v) is 4.89. The first-order valence-corrected chi connectivity index (χ1v) is 4.54. The van der Waals surface area contributed by atoms with Gasteiger partial charge in [0.2, 0.25) is 0 Å². The zero-order valence-corrected chi connectivity index (χ0v) is 7.20. The molecule has 1 aliphatic heterocycles. The molecule has 5 heteroatoms. The predicted octanol–water partition coefficient (Wildman–Crippen LogP) is -0.455. The van der Waals surface area contributed by atoms with Crippen LogP contribution in [0.5, 0.6) is 0 Å². The van der Waals surface area contributed by atoms with Crippen molar-refractivity contribution in [1.82, 2.24) is 9.03 Å². The van der Waals surface area contributed by atoms with E-state index in [9.17, 15) is 8.42 Å². The summed E-state index contributed by atoms with van der Waals surface area (Å²) in [6.07, 6.45) is 0. The van der Waals surface area contributed by atoms with Gasteiger partial charge in [0.05, 0.1) is 0 Å². The molecule has 60 valence electrons. The van der Waals surface area contributed by atoms with Crippen LogP contribution in [-0.2, 0) is 10.2 Å². The quantitative estimate of drug-likeness (QED) is 0.527. The molecule has 0 aromatic carbocycles. The molecule has 1 saturated heterocycles. The summed E-state index contributed by atoms with van der Waals surface area (Å²) in [6.45, 7) is 4.25. The van der Waals surface area contributed by atoms with E-state index in [1.165, 1.54) is 4.31 Å². The molecule has 0 spiro atoms. The van der Waals surface area contributed by atoms with Crippen LogP contribution in [0.25, 0.3) is 0 Å². The number of hydrogen-bond donors (Lipinski definition) is 1. The Bertz CT molecular complexity index is 232. The minimum Gasteiger partial charge on any atom is -0.200 e. The van der Waals surface area contributed by atoms with E-state index in [-0.39, 0.29) is 5.54 Å². The largest absolute Gasteiger partial charge is 0.279 e. The number of hydrogen-bond acceptors (Lipinski definition) is 2. The Morgan fingerprint density at radius 1 is 1.50 bits per heavy atom. The van der Waals surface area contributed by atoms with Gasteiger partial charge in [-0.3, -0.25) is 0 Å². The van der Waals surface area contributed by atoms with Crippen molar-refractivity contribution >= 4 is 10.2 Å². The first-order valence-electron chi connectivity index (χ1n) is 3.10. The highest BCUT2D eigenvalue weighted by atomic mass is 32.2. The van der Waals surface area contributed by atoms with Crippen molar-refractivity contribution in [2.24, 2.45) is 0 Å². The highest BCUT2D eigenvalue weighted by Gasteiger charge is 2.39. The van der Waals surface area contributed by atoms with Gasteiger partial charge in [0.15, 0.2) is 0 Å². The molecule has 1 rings (SSSR count). The topological polar surface area (TPSA) is 49.4 Å². The maximum atomic E-state index is 11.0. The number of nitrogens with zero attached hydrogens (tertiary/aromatic N) is 1. The fourth-order valence-electron chi connectivity index (χ4n) is 0.801. The van der Waals surface area contributed by atoms with E-state index in [4.69, 9.17) is 0 Å². The Morgan fingerprint density at radius 3 is 2.10 bits per heavy atom. The molecule has 0 aromatic heterocycles. The first-order chi connectivity index (χ1) is 4.36. The number of likely N-dealkylation sites (N-methyl/N-ethyl adjacent to an activating group) is 1. The normalized spacial score (nSPS) is 30.7. The smallest absolute Gasteiger partial charge is 0.200 e. The monoisotopic (exact) mass is 164 g/mol. The van der Waals surface area contributed by atoms with Crippen molar-refractivity contribution in [3.05, 3.63) is 0 Å². The lowest BCUT2D eigenvalue weighted by atomic mass is 10.1. The standard InChI is InChI=1S/C5H12N2O2S/c1-5(2)4-6-10(8,9)7(5)3/h6H,4H2,1-3H3. The van der Waals surface area contributed by atoms with Crippen LogP contribution in [0.15, 0.2) is 0 Å². The molecule has 0 bridgehead atoms. The van der Waals surface area contributed by atoms with Crippen LogP contribution in [0.1, 0.15) is 13.8 Å². The molecule has 1 aliphatic rings. The molecular formula is C5H12N2O2S. The van der Waals surface area contributed by atoms with Gasteiger partial charge in [-0.05, 0) is 13.8 Å². The molecule has 10 heavy (non-hydrogen) atoms. The molecule has 0 radical (unpaired) electrons. The van der Waals surface area contributed by atoms with Gasteiger partial charge in [0.1, 0.15) is 0 Å². The first kappa shape index (κ1) is 7.97. The number of rotatable bonds is 0. The van der Waals surface area contributed by atoms with E-state index in [0.29, 0.717) is 6.54 Å². The summed E-state index contributed by atoms with van der Waals surface area (Å²) in [5.74, 6) is 0. The van der Waals surface area contributed by atoms with Gasteiger partial charge in [-0.1, -0.05) is 0 Å². The van der Waals surface area contributed by atoms with Crippen molar-refractivity contribution in [2.75, 3.05) is 13.6 Å². The van der Waals surface area contributed by atoms with E-state index in [1.54, 1.807) is 7.05 Å². The second-order valence-electron chi connectivity index (χ2n) is 3.11. The summed E-state index contributed by atoms with van der Waals surface area (Å²) in [5, 5.41) is 0. The summed E-state index contributed by atoms with van der Waals surface area (Å²) in [5.41, 5.74) is -0.279. The third-order valence-electron chi connectivity index (χ3n) is 1.90. The molecule has 0 atom stereocenters. The van der Waals surface area contributed by atoms with Crippen LogP contribution >= 0.6 is 0 Å². The summed E-state index contributed by atoms with van der Waals surface area (Å²) in [4.78, 5) is 0. The minimum absolute atomic E-state index is 0.279. The van der Waals surface area contributed by atoms with Crippen LogP contribution in [0.3, 0.4) is 0 Å². The Morgan fingerprint density at radius 2 is 2.00 bits per heavy atom. The van der Waals surface area contributed by atoms with Crippen molar-refractivity contribution in [3.63, 3.8) is 0 Å². The lowest BCUT2D eigenvalue weighted by Gasteiger charge is -2.23.